The van der Waals surface area contributed by atoms with Gasteiger partial charge in [-0.3, -0.25) is 4.79 Å². The van der Waals surface area contributed by atoms with E-state index in [0.29, 0.717) is 18.8 Å². The van der Waals surface area contributed by atoms with Crippen LogP contribution in [0.15, 0.2) is 0 Å². The molecule has 1 amide bonds. The molecule has 1 unspecified atom stereocenters. The number of aliphatic hydroxyl groups excluding tert-OH is 1. The van der Waals surface area contributed by atoms with Crippen LogP contribution in [0.1, 0.15) is 26.7 Å². The Kier molecular flexibility index (Phi) is 8.70. The molecule has 2 atom stereocenters. The summed E-state index contributed by atoms with van der Waals surface area (Å²) in [4.78, 5) is 11.7. The Bertz CT molecular complexity index is 200. The van der Waals surface area contributed by atoms with Crippen molar-refractivity contribution in [2.75, 3.05) is 18.6 Å². The van der Waals surface area contributed by atoms with Crippen LogP contribution >= 0.6 is 11.8 Å². The molecule has 0 saturated carbocycles. The average molecular weight is 248 g/mol. The van der Waals surface area contributed by atoms with E-state index in [9.17, 15) is 4.79 Å². The highest BCUT2D eigenvalue weighted by molar-refractivity contribution is 7.98. The van der Waals surface area contributed by atoms with Gasteiger partial charge in [0.1, 0.15) is 0 Å². The third kappa shape index (κ3) is 6.35. The Morgan fingerprint density at radius 2 is 2.06 bits per heavy atom. The molecule has 0 aromatic rings. The van der Waals surface area contributed by atoms with Crippen LogP contribution in [-0.2, 0) is 4.79 Å². The van der Waals surface area contributed by atoms with Gasteiger partial charge < -0.3 is 16.2 Å². The molecule has 0 radical (unpaired) electrons. The van der Waals surface area contributed by atoms with Gasteiger partial charge in [0, 0.05) is 12.6 Å². The second-order valence-corrected chi connectivity index (χ2v) is 5.24. The van der Waals surface area contributed by atoms with Crippen molar-refractivity contribution in [2.24, 2.45) is 11.7 Å². The lowest BCUT2D eigenvalue weighted by atomic mass is 10.0. The highest BCUT2D eigenvalue weighted by atomic mass is 32.2. The molecule has 16 heavy (non-hydrogen) atoms. The van der Waals surface area contributed by atoms with Crippen LogP contribution in [0, 0.1) is 5.92 Å². The number of amides is 1. The number of nitrogens with two attached hydrogens (primary N) is 1. The summed E-state index contributed by atoms with van der Waals surface area (Å²) in [5, 5.41) is 11.8. The quantitative estimate of drug-likeness (QED) is 0.588. The lowest BCUT2D eigenvalue weighted by molar-refractivity contribution is -0.123. The van der Waals surface area contributed by atoms with Gasteiger partial charge in [-0.15, -0.1) is 0 Å². The summed E-state index contributed by atoms with van der Waals surface area (Å²) in [6.07, 6.45) is 3.27. The van der Waals surface area contributed by atoms with Crippen LogP contribution in [-0.4, -0.2) is 41.7 Å². The van der Waals surface area contributed by atoms with Crippen molar-refractivity contribution in [3.8, 4) is 0 Å². The first-order chi connectivity index (χ1) is 7.52. The van der Waals surface area contributed by atoms with Gasteiger partial charge in [0.25, 0.3) is 0 Å². The molecular weight excluding hydrogens is 224 g/mol. The SMILES string of the molecule is CSCC[C@H](N)C(=O)NC(CCO)C(C)C. The minimum absolute atomic E-state index is 0.0119. The second-order valence-electron chi connectivity index (χ2n) is 4.26. The van der Waals surface area contributed by atoms with Gasteiger partial charge in [-0.25, -0.2) is 0 Å². The predicted octanol–water partition coefficient (Wildman–Crippen LogP) is 0.590. The minimum Gasteiger partial charge on any atom is -0.396 e. The summed E-state index contributed by atoms with van der Waals surface area (Å²) in [6.45, 7) is 4.13. The van der Waals surface area contributed by atoms with Crippen LogP contribution in [0.4, 0.5) is 0 Å². The zero-order valence-corrected chi connectivity index (χ0v) is 11.2. The first-order valence-electron chi connectivity index (χ1n) is 5.68. The zero-order chi connectivity index (χ0) is 12.6. The van der Waals surface area contributed by atoms with E-state index >= 15 is 0 Å². The standard InChI is InChI=1S/C11H24N2O2S/c1-8(2)10(4-6-14)13-11(15)9(12)5-7-16-3/h8-10,14H,4-7,12H2,1-3H3,(H,13,15)/t9-,10?/m0/s1. The molecule has 0 bridgehead atoms. The van der Waals surface area contributed by atoms with Gasteiger partial charge in [0.15, 0.2) is 0 Å². The van der Waals surface area contributed by atoms with Crippen LogP contribution in [0.3, 0.4) is 0 Å². The van der Waals surface area contributed by atoms with Crippen LogP contribution in [0.25, 0.3) is 0 Å². The first kappa shape index (κ1) is 15.7. The first-order valence-corrected chi connectivity index (χ1v) is 7.08. The van der Waals surface area contributed by atoms with E-state index in [2.05, 4.69) is 5.32 Å². The second kappa shape index (κ2) is 8.84. The molecule has 0 rings (SSSR count). The number of carbonyl (C=O) groups is 1. The van der Waals surface area contributed by atoms with Crippen molar-refractivity contribution in [3.63, 3.8) is 0 Å². The third-order valence-corrected chi connectivity index (χ3v) is 3.19. The van der Waals surface area contributed by atoms with E-state index in [1.807, 2.05) is 20.1 Å². The molecule has 96 valence electrons. The summed E-state index contributed by atoms with van der Waals surface area (Å²) in [7, 11) is 0. The molecule has 0 spiro atoms. The topological polar surface area (TPSA) is 75.4 Å². The molecule has 0 heterocycles. The predicted molar refractivity (Wildman–Crippen MR) is 69.4 cm³/mol. The van der Waals surface area contributed by atoms with E-state index in [0.717, 1.165) is 5.75 Å². The van der Waals surface area contributed by atoms with E-state index in [4.69, 9.17) is 10.8 Å². The van der Waals surface area contributed by atoms with Crippen molar-refractivity contribution >= 4 is 17.7 Å². The molecule has 0 fully saturated rings. The van der Waals surface area contributed by atoms with Gasteiger partial charge in [0.2, 0.25) is 5.91 Å². The van der Waals surface area contributed by atoms with Crippen molar-refractivity contribution in [3.05, 3.63) is 0 Å². The summed E-state index contributed by atoms with van der Waals surface area (Å²) in [5.74, 6) is 1.09. The molecule has 4 nitrogen and oxygen atoms in total. The highest BCUT2D eigenvalue weighted by Gasteiger charge is 2.19. The number of aliphatic hydroxyl groups is 1. The highest BCUT2D eigenvalue weighted by Crippen LogP contribution is 2.06. The maximum atomic E-state index is 11.7. The van der Waals surface area contributed by atoms with Gasteiger partial charge >= 0.3 is 0 Å². The Balaban J connectivity index is 4.07. The van der Waals surface area contributed by atoms with Crippen molar-refractivity contribution < 1.29 is 9.90 Å². The monoisotopic (exact) mass is 248 g/mol. The molecule has 5 heteroatoms. The lowest BCUT2D eigenvalue weighted by Crippen LogP contribution is -2.47. The molecule has 0 aliphatic carbocycles. The number of hydrogen-bond donors (Lipinski definition) is 3. The summed E-state index contributed by atoms with van der Waals surface area (Å²) in [5.41, 5.74) is 5.76. The molecule has 0 aromatic heterocycles. The fourth-order valence-electron chi connectivity index (χ4n) is 1.38. The normalized spacial score (nSPS) is 14.9. The Morgan fingerprint density at radius 1 is 1.44 bits per heavy atom. The van der Waals surface area contributed by atoms with Crippen LogP contribution in [0.5, 0.6) is 0 Å². The van der Waals surface area contributed by atoms with Gasteiger partial charge in [-0.05, 0) is 30.8 Å². The average Bonchev–Trinajstić information content (AvgIpc) is 2.24. The van der Waals surface area contributed by atoms with E-state index in [1.165, 1.54) is 0 Å². The largest absolute Gasteiger partial charge is 0.396 e. The molecule has 0 aromatic carbocycles. The van der Waals surface area contributed by atoms with E-state index < -0.39 is 6.04 Å². The third-order valence-electron chi connectivity index (χ3n) is 2.54. The smallest absolute Gasteiger partial charge is 0.237 e. The molecule has 0 aliphatic heterocycles. The van der Waals surface area contributed by atoms with Gasteiger partial charge in [0.05, 0.1) is 6.04 Å². The number of carbonyl (C=O) groups excluding carboxylic acids is 1. The zero-order valence-electron chi connectivity index (χ0n) is 10.4. The fraction of sp³-hybridized carbons (Fsp3) is 0.909. The number of nitrogens with one attached hydrogen (secondary N) is 1. The van der Waals surface area contributed by atoms with Crippen molar-refractivity contribution in [1.29, 1.82) is 0 Å². The van der Waals surface area contributed by atoms with E-state index in [-0.39, 0.29) is 18.6 Å². The molecule has 0 aliphatic rings. The Morgan fingerprint density at radius 3 is 2.50 bits per heavy atom. The Labute approximate surface area is 102 Å². The van der Waals surface area contributed by atoms with E-state index in [1.54, 1.807) is 11.8 Å². The number of rotatable bonds is 8. The van der Waals surface area contributed by atoms with Crippen molar-refractivity contribution in [1.82, 2.24) is 5.32 Å². The summed E-state index contributed by atoms with van der Waals surface area (Å²) >= 11 is 1.68. The molecule has 4 N–H and O–H groups in total. The lowest BCUT2D eigenvalue weighted by Gasteiger charge is -2.23. The molecule has 0 saturated heterocycles. The van der Waals surface area contributed by atoms with Crippen LogP contribution in [0.2, 0.25) is 0 Å². The van der Waals surface area contributed by atoms with Gasteiger partial charge in [-0.1, -0.05) is 13.8 Å². The Hall–Kier alpha value is -0.260. The fourth-order valence-corrected chi connectivity index (χ4v) is 1.87. The minimum atomic E-state index is -0.438. The number of hydrogen-bond acceptors (Lipinski definition) is 4. The van der Waals surface area contributed by atoms with Crippen LogP contribution < -0.4 is 11.1 Å². The van der Waals surface area contributed by atoms with Gasteiger partial charge in [-0.2, -0.15) is 11.8 Å². The number of thioether (sulfide) groups is 1. The summed E-state index contributed by atoms with van der Waals surface area (Å²) in [6, 6.07) is -0.426. The maximum absolute atomic E-state index is 11.7. The summed E-state index contributed by atoms with van der Waals surface area (Å²) < 4.78 is 0. The van der Waals surface area contributed by atoms with Crippen molar-refractivity contribution in [2.45, 2.75) is 38.8 Å². The maximum Gasteiger partial charge on any atom is 0.237 e. The molecular formula is C11H24N2O2S.